The molecule has 106 valence electrons. The van der Waals surface area contributed by atoms with Gasteiger partial charge >= 0.3 is 0 Å². The molecule has 1 aliphatic rings. The summed E-state index contributed by atoms with van der Waals surface area (Å²) < 4.78 is 0. The highest BCUT2D eigenvalue weighted by Crippen LogP contribution is 2.52. The number of benzene rings is 3. The fourth-order valence-electron chi connectivity index (χ4n) is 3.65. The topological polar surface area (TPSA) is 44.0 Å². The molecule has 0 aromatic heterocycles. The molecule has 0 spiro atoms. The van der Waals surface area contributed by atoms with Crippen LogP contribution in [0.5, 0.6) is 5.75 Å². The predicted octanol–water partition coefficient (Wildman–Crippen LogP) is 4.72. The molecule has 2 heteroatoms. The Morgan fingerprint density at radius 1 is 0.955 bits per heavy atom. The third kappa shape index (κ3) is 1.48. The minimum Gasteiger partial charge on any atom is -0.507 e. The van der Waals surface area contributed by atoms with E-state index in [0.29, 0.717) is 5.56 Å². The molecule has 3 aromatic carbocycles. The molecule has 0 saturated heterocycles. The first-order chi connectivity index (χ1) is 10.5. The maximum absolute atomic E-state index is 10.5. The average molecular weight is 285 g/mol. The molecule has 0 bridgehead atoms. The van der Waals surface area contributed by atoms with Crippen molar-refractivity contribution in [2.45, 2.75) is 19.3 Å². The molecular formula is C20H15NO. The molecule has 0 aliphatic heterocycles. The Hall–Kier alpha value is -2.79. The van der Waals surface area contributed by atoms with Crippen LogP contribution in [0.1, 0.15) is 30.5 Å². The Morgan fingerprint density at radius 2 is 1.73 bits per heavy atom. The lowest BCUT2D eigenvalue weighted by atomic mass is 9.82. The van der Waals surface area contributed by atoms with E-state index in [-0.39, 0.29) is 11.2 Å². The van der Waals surface area contributed by atoms with Gasteiger partial charge in [-0.2, -0.15) is 5.26 Å². The normalized spacial score (nSPS) is 14.4. The van der Waals surface area contributed by atoms with Gasteiger partial charge in [0.15, 0.2) is 0 Å². The largest absolute Gasteiger partial charge is 0.507 e. The first-order valence-electron chi connectivity index (χ1n) is 7.34. The van der Waals surface area contributed by atoms with Gasteiger partial charge in [-0.05, 0) is 45.8 Å². The molecule has 0 fully saturated rings. The van der Waals surface area contributed by atoms with Crippen molar-refractivity contribution in [3.8, 4) is 22.9 Å². The molecule has 1 N–H and O–H groups in total. The van der Waals surface area contributed by atoms with E-state index in [9.17, 15) is 5.11 Å². The van der Waals surface area contributed by atoms with Gasteiger partial charge in [-0.15, -0.1) is 0 Å². The van der Waals surface area contributed by atoms with Gasteiger partial charge in [-0.25, -0.2) is 0 Å². The number of aromatic hydroxyl groups is 1. The minimum atomic E-state index is -0.133. The molecule has 4 rings (SSSR count). The Morgan fingerprint density at radius 3 is 2.50 bits per heavy atom. The van der Waals surface area contributed by atoms with Gasteiger partial charge in [0, 0.05) is 10.8 Å². The van der Waals surface area contributed by atoms with Gasteiger partial charge in [0.25, 0.3) is 0 Å². The molecule has 0 atom stereocenters. The highest BCUT2D eigenvalue weighted by molar-refractivity contribution is 6.05. The third-order valence-corrected chi connectivity index (χ3v) is 4.79. The monoisotopic (exact) mass is 285 g/mol. The number of nitrogens with zero attached hydrogens (tertiary/aromatic N) is 1. The van der Waals surface area contributed by atoms with Crippen molar-refractivity contribution in [3.05, 3.63) is 65.2 Å². The average Bonchev–Trinajstić information content (AvgIpc) is 2.76. The van der Waals surface area contributed by atoms with Gasteiger partial charge in [0.05, 0.1) is 11.6 Å². The molecule has 1 aliphatic carbocycles. The summed E-state index contributed by atoms with van der Waals surface area (Å²) in [5.41, 5.74) is 5.25. The number of hydrogen-bond donors (Lipinski definition) is 1. The lowest BCUT2D eigenvalue weighted by molar-refractivity contribution is 0.479. The minimum absolute atomic E-state index is 0.133. The Balaban J connectivity index is 2.20. The second-order valence-electron chi connectivity index (χ2n) is 6.36. The fraction of sp³-hybridized carbons (Fsp3) is 0.150. The number of phenols is 1. The number of fused-ring (bicyclic) bond motifs is 5. The fourth-order valence-corrected chi connectivity index (χ4v) is 3.65. The van der Waals surface area contributed by atoms with E-state index in [1.807, 2.05) is 24.3 Å². The maximum Gasteiger partial charge on any atom is 0.123 e. The Labute approximate surface area is 129 Å². The quantitative estimate of drug-likeness (QED) is 0.649. The highest BCUT2D eigenvalue weighted by Gasteiger charge is 2.36. The van der Waals surface area contributed by atoms with E-state index in [1.165, 1.54) is 16.7 Å². The lowest BCUT2D eigenvalue weighted by Crippen LogP contribution is -2.14. The summed E-state index contributed by atoms with van der Waals surface area (Å²) in [7, 11) is 0. The van der Waals surface area contributed by atoms with Gasteiger partial charge in [0.1, 0.15) is 5.75 Å². The van der Waals surface area contributed by atoms with E-state index in [4.69, 9.17) is 5.26 Å². The number of rotatable bonds is 0. The Kier molecular flexibility index (Phi) is 2.41. The van der Waals surface area contributed by atoms with Crippen LogP contribution in [-0.2, 0) is 5.41 Å². The van der Waals surface area contributed by atoms with Crippen molar-refractivity contribution in [3.63, 3.8) is 0 Å². The smallest absolute Gasteiger partial charge is 0.123 e. The highest BCUT2D eigenvalue weighted by atomic mass is 16.3. The van der Waals surface area contributed by atoms with Crippen molar-refractivity contribution in [1.29, 1.82) is 5.26 Å². The number of phenolic OH excluding ortho intramolecular Hbond substituents is 1. The van der Waals surface area contributed by atoms with E-state index >= 15 is 0 Å². The standard InChI is InChI=1S/C20H15NO/c1-20(2)16-6-4-3-5-14(16)19-13-8-7-12(11-21)9-15(13)18(22)10-17(19)20/h3-10,22H,1-2H3. The summed E-state index contributed by atoms with van der Waals surface area (Å²) in [4.78, 5) is 0. The molecule has 0 amide bonds. The van der Waals surface area contributed by atoms with E-state index in [2.05, 4.69) is 38.1 Å². The molecule has 2 nitrogen and oxygen atoms in total. The van der Waals surface area contributed by atoms with E-state index < -0.39 is 0 Å². The van der Waals surface area contributed by atoms with Crippen LogP contribution in [-0.4, -0.2) is 5.11 Å². The zero-order valence-electron chi connectivity index (χ0n) is 12.5. The SMILES string of the molecule is CC1(C)c2ccccc2-c2c1cc(O)c1cc(C#N)ccc21. The van der Waals surface area contributed by atoms with Crippen LogP contribution in [0.25, 0.3) is 21.9 Å². The van der Waals surface area contributed by atoms with Crippen LogP contribution in [0.2, 0.25) is 0 Å². The van der Waals surface area contributed by atoms with Crippen LogP contribution in [0, 0.1) is 11.3 Å². The first kappa shape index (κ1) is 12.9. The summed E-state index contributed by atoms with van der Waals surface area (Å²) in [6.45, 7) is 4.37. The van der Waals surface area contributed by atoms with Gasteiger partial charge < -0.3 is 5.11 Å². The van der Waals surface area contributed by atoms with Crippen LogP contribution in [0.15, 0.2) is 48.5 Å². The molecule has 3 aromatic rings. The van der Waals surface area contributed by atoms with Crippen molar-refractivity contribution < 1.29 is 5.11 Å². The predicted molar refractivity (Wildman–Crippen MR) is 87.9 cm³/mol. The second-order valence-corrected chi connectivity index (χ2v) is 6.36. The summed E-state index contributed by atoms with van der Waals surface area (Å²) in [6.07, 6.45) is 0. The zero-order valence-corrected chi connectivity index (χ0v) is 12.5. The third-order valence-electron chi connectivity index (χ3n) is 4.79. The summed E-state index contributed by atoms with van der Waals surface area (Å²) in [5, 5.41) is 21.3. The van der Waals surface area contributed by atoms with Crippen LogP contribution >= 0.6 is 0 Å². The van der Waals surface area contributed by atoms with Crippen molar-refractivity contribution in [1.82, 2.24) is 0 Å². The molecular weight excluding hydrogens is 270 g/mol. The van der Waals surface area contributed by atoms with Crippen molar-refractivity contribution >= 4 is 10.8 Å². The van der Waals surface area contributed by atoms with E-state index in [0.717, 1.165) is 16.3 Å². The maximum atomic E-state index is 10.5. The number of hydrogen-bond acceptors (Lipinski definition) is 2. The zero-order chi connectivity index (χ0) is 15.5. The van der Waals surface area contributed by atoms with Gasteiger partial charge in [-0.3, -0.25) is 0 Å². The molecule has 0 unspecified atom stereocenters. The summed E-state index contributed by atoms with van der Waals surface area (Å²) in [6, 6.07) is 17.9. The molecule has 22 heavy (non-hydrogen) atoms. The second kappa shape index (κ2) is 4.11. The van der Waals surface area contributed by atoms with Gasteiger partial charge in [0.2, 0.25) is 0 Å². The van der Waals surface area contributed by atoms with Gasteiger partial charge in [-0.1, -0.05) is 44.2 Å². The first-order valence-corrected chi connectivity index (χ1v) is 7.34. The van der Waals surface area contributed by atoms with Crippen molar-refractivity contribution in [2.75, 3.05) is 0 Å². The van der Waals surface area contributed by atoms with Crippen LogP contribution < -0.4 is 0 Å². The van der Waals surface area contributed by atoms with Crippen molar-refractivity contribution in [2.24, 2.45) is 0 Å². The molecule has 0 saturated carbocycles. The van der Waals surface area contributed by atoms with E-state index in [1.54, 1.807) is 6.07 Å². The Bertz CT molecular complexity index is 977. The van der Waals surface area contributed by atoms with Crippen LogP contribution in [0.3, 0.4) is 0 Å². The number of nitriles is 1. The summed E-state index contributed by atoms with van der Waals surface area (Å²) in [5.74, 6) is 0.242. The lowest BCUT2D eigenvalue weighted by Gasteiger charge is -2.21. The molecule has 0 radical (unpaired) electrons. The van der Waals surface area contributed by atoms with Crippen LogP contribution in [0.4, 0.5) is 0 Å². The summed E-state index contributed by atoms with van der Waals surface area (Å²) >= 11 is 0. The molecule has 0 heterocycles.